The van der Waals surface area contributed by atoms with E-state index >= 15 is 0 Å². The van der Waals surface area contributed by atoms with Crippen LogP contribution in [0.15, 0.2) is 88.3 Å². The van der Waals surface area contributed by atoms with Crippen LogP contribution in [0.4, 0.5) is 16.2 Å². The first-order valence-electron chi connectivity index (χ1n) is 11.6. The highest BCUT2D eigenvalue weighted by atomic mass is 35.5. The molecule has 0 atom stereocenters. The molecule has 12 heteroatoms. The number of hydrogen-bond acceptors (Lipinski definition) is 7. The molecule has 0 bridgehead atoms. The zero-order valence-corrected chi connectivity index (χ0v) is 23.1. The van der Waals surface area contributed by atoms with Gasteiger partial charge >= 0.3 is 6.03 Å². The van der Waals surface area contributed by atoms with E-state index in [4.69, 9.17) is 11.6 Å². The maximum atomic E-state index is 13.5. The highest BCUT2D eigenvalue weighted by Gasteiger charge is 2.21. The van der Waals surface area contributed by atoms with Gasteiger partial charge in [-0.2, -0.15) is 0 Å². The Kier molecular flexibility index (Phi) is 7.13. The van der Waals surface area contributed by atoms with Gasteiger partial charge < -0.3 is 10.6 Å². The number of sulfonamides is 1. The first-order chi connectivity index (χ1) is 18.7. The number of rotatable bonds is 6. The van der Waals surface area contributed by atoms with Crippen LogP contribution < -0.4 is 20.9 Å². The predicted molar refractivity (Wildman–Crippen MR) is 156 cm³/mol. The van der Waals surface area contributed by atoms with Gasteiger partial charge in [-0.15, -0.1) is 11.3 Å². The normalized spacial score (nSPS) is 11.4. The molecule has 5 rings (SSSR count). The maximum Gasteiger partial charge on any atom is 0.333 e. The van der Waals surface area contributed by atoms with E-state index in [1.165, 1.54) is 10.6 Å². The fraction of sp³-hybridized carbons (Fsp3) is 0.0741. The number of fused-ring (bicyclic) bond motifs is 1. The maximum absolute atomic E-state index is 13.5. The number of aryl methyl sites for hydroxylation is 1. The molecule has 0 aliphatic carbocycles. The third-order valence-corrected chi connectivity index (χ3v) is 9.39. The second kappa shape index (κ2) is 10.5. The summed E-state index contributed by atoms with van der Waals surface area (Å²) in [6.07, 6.45) is 5.16. The third-order valence-electron chi connectivity index (χ3n) is 6.03. The Morgan fingerprint density at radius 3 is 2.31 bits per heavy atom. The molecule has 0 radical (unpaired) electrons. The Hall–Kier alpha value is -4.19. The summed E-state index contributed by atoms with van der Waals surface area (Å²) in [5.41, 5.74) is 3.32. The average molecular weight is 580 g/mol. The second-order valence-corrected chi connectivity index (χ2v) is 12.1. The minimum atomic E-state index is -4.08. The summed E-state index contributed by atoms with van der Waals surface area (Å²) in [5, 5.41) is 7.27. The third kappa shape index (κ3) is 5.37. The summed E-state index contributed by atoms with van der Waals surface area (Å²) in [7, 11) is -2.26. The molecule has 3 N–H and O–H groups in total. The lowest BCUT2D eigenvalue weighted by molar-refractivity contribution is 0.256. The highest BCUT2D eigenvalue weighted by Crippen LogP contribution is 2.30. The second-order valence-electron chi connectivity index (χ2n) is 8.54. The average Bonchev–Trinajstić information content (AvgIpc) is 3.28. The van der Waals surface area contributed by atoms with Gasteiger partial charge in [-0.1, -0.05) is 11.6 Å². The largest absolute Gasteiger partial charge is 0.388 e. The van der Waals surface area contributed by atoms with Crippen molar-refractivity contribution >= 4 is 61.1 Å². The number of aromatic nitrogens is 2. The van der Waals surface area contributed by atoms with Crippen molar-refractivity contribution in [2.45, 2.75) is 11.1 Å². The molecule has 0 aliphatic heterocycles. The number of amides is 2. The Balaban J connectivity index is 1.45. The standard InChI is InChI=1S/C27H22ClN5O4S2/c1-16-24(28)14-25(38-16)39(36,37)32-27(35)31-18-3-6-20(7-4-18)33-15-23(17-9-11-30-12-10-17)22-13-19(29-2)5-8-21(22)26(33)34/h3-15,29H,1-2H3,(H2,31,32,35). The molecule has 2 aromatic carbocycles. The molecule has 2 amide bonds. The monoisotopic (exact) mass is 579 g/mol. The number of halogens is 1. The minimum Gasteiger partial charge on any atom is -0.388 e. The lowest BCUT2D eigenvalue weighted by Gasteiger charge is -2.14. The van der Waals surface area contributed by atoms with E-state index in [1.807, 2.05) is 36.0 Å². The van der Waals surface area contributed by atoms with Gasteiger partial charge in [0.05, 0.1) is 5.02 Å². The van der Waals surface area contributed by atoms with Crippen LogP contribution in [0.3, 0.4) is 0 Å². The molecule has 198 valence electrons. The van der Waals surface area contributed by atoms with Gasteiger partial charge in [0.1, 0.15) is 4.21 Å². The smallest absolute Gasteiger partial charge is 0.333 e. The van der Waals surface area contributed by atoms with Crippen LogP contribution in [-0.2, 0) is 10.0 Å². The van der Waals surface area contributed by atoms with Gasteiger partial charge in [0.2, 0.25) is 0 Å². The number of thiophene rings is 1. The Bertz CT molecular complexity index is 1850. The molecule has 0 fully saturated rings. The van der Waals surface area contributed by atoms with E-state index in [0.717, 1.165) is 33.5 Å². The van der Waals surface area contributed by atoms with Crippen molar-refractivity contribution < 1.29 is 13.2 Å². The predicted octanol–water partition coefficient (Wildman–Crippen LogP) is 5.63. The van der Waals surface area contributed by atoms with Crippen LogP contribution in [-0.4, -0.2) is 31.0 Å². The van der Waals surface area contributed by atoms with Crippen molar-refractivity contribution in [2.75, 3.05) is 17.7 Å². The number of nitrogens with one attached hydrogen (secondary N) is 3. The van der Waals surface area contributed by atoms with Gasteiger partial charge in [-0.05, 0) is 78.5 Å². The number of hydrogen-bond donors (Lipinski definition) is 3. The lowest BCUT2D eigenvalue weighted by atomic mass is 10.0. The number of benzene rings is 2. The summed E-state index contributed by atoms with van der Waals surface area (Å²) < 4.78 is 28.5. The zero-order valence-electron chi connectivity index (χ0n) is 20.7. The summed E-state index contributed by atoms with van der Waals surface area (Å²) in [6.45, 7) is 1.69. The molecule has 9 nitrogen and oxygen atoms in total. The number of carbonyl (C=O) groups is 1. The number of nitrogens with zero attached hydrogens (tertiary/aromatic N) is 2. The summed E-state index contributed by atoms with van der Waals surface area (Å²) in [4.78, 5) is 30.6. The summed E-state index contributed by atoms with van der Waals surface area (Å²) in [6, 6.07) is 16.2. The van der Waals surface area contributed by atoms with Crippen molar-refractivity contribution in [1.29, 1.82) is 0 Å². The first-order valence-corrected chi connectivity index (χ1v) is 14.3. The number of urea groups is 1. The van der Waals surface area contributed by atoms with Gasteiger partial charge in [0.25, 0.3) is 15.6 Å². The van der Waals surface area contributed by atoms with Gasteiger partial charge in [0.15, 0.2) is 0 Å². The van der Waals surface area contributed by atoms with Crippen molar-refractivity contribution in [1.82, 2.24) is 14.3 Å². The van der Waals surface area contributed by atoms with Crippen LogP contribution in [0.1, 0.15) is 4.88 Å². The van der Waals surface area contributed by atoms with E-state index in [1.54, 1.807) is 55.8 Å². The van der Waals surface area contributed by atoms with Crippen molar-refractivity contribution in [3.63, 3.8) is 0 Å². The van der Waals surface area contributed by atoms with Crippen LogP contribution in [0.2, 0.25) is 5.02 Å². The Labute approximate surface area is 233 Å². The molecular formula is C27H22ClN5O4S2. The topological polar surface area (TPSA) is 122 Å². The number of pyridine rings is 2. The van der Waals surface area contributed by atoms with E-state index in [9.17, 15) is 18.0 Å². The molecule has 0 aliphatic rings. The van der Waals surface area contributed by atoms with E-state index in [-0.39, 0.29) is 9.77 Å². The first kappa shape index (κ1) is 26.4. The Morgan fingerprint density at radius 1 is 0.974 bits per heavy atom. The summed E-state index contributed by atoms with van der Waals surface area (Å²) in [5.74, 6) is 0. The molecule has 3 heterocycles. The van der Waals surface area contributed by atoms with Crippen LogP contribution in [0.5, 0.6) is 0 Å². The quantitative estimate of drug-likeness (QED) is 0.240. The number of carbonyl (C=O) groups excluding carboxylic acids is 1. The fourth-order valence-corrected chi connectivity index (χ4v) is 6.65. The molecule has 3 aromatic heterocycles. The van der Waals surface area contributed by atoms with Crippen LogP contribution >= 0.6 is 22.9 Å². The fourth-order valence-electron chi connectivity index (χ4n) is 4.05. The minimum absolute atomic E-state index is 0.0574. The van der Waals surface area contributed by atoms with E-state index in [0.29, 0.717) is 26.7 Å². The van der Waals surface area contributed by atoms with Gasteiger partial charge in [-0.25, -0.2) is 17.9 Å². The van der Waals surface area contributed by atoms with E-state index in [2.05, 4.69) is 15.6 Å². The van der Waals surface area contributed by atoms with Crippen molar-refractivity contribution in [2.24, 2.45) is 0 Å². The van der Waals surface area contributed by atoms with Crippen LogP contribution in [0.25, 0.3) is 27.6 Å². The SMILES string of the molecule is CNc1ccc2c(=O)n(-c3ccc(NC(=O)NS(=O)(=O)c4cc(Cl)c(C)s4)cc3)cc(-c3ccncc3)c2c1. The molecule has 0 unspecified atom stereocenters. The lowest BCUT2D eigenvalue weighted by Crippen LogP contribution is -2.33. The molecule has 0 spiro atoms. The highest BCUT2D eigenvalue weighted by molar-refractivity contribution is 7.92. The molecule has 39 heavy (non-hydrogen) atoms. The summed E-state index contributed by atoms with van der Waals surface area (Å²) >= 11 is 6.93. The molecule has 0 saturated carbocycles. The molecular weight excluding hydrogens is 558 g/mol. The van der Waals surface area contributed by atoms with Crippen molar-refractivity contribution in [3.05, 3.63) is 99.5 Å². The van der Waals surface area contributed by atoms with Gasteiger partial charge in [0, 0.05) is 58.5 Å². The molecule has 0 saturated heterocycles. The van der Waals surface area contributed by atoms with Crippen LogP contribution in [0, 0.1) is 6.92 Å². The molecule has 5 aromatic rings. The number of anilines is 2. The van der Waals surface area contributed by atoms with Gasteiger partial charge in [-0.3, -0.25) is 14.3 Å². The van der Waals surface area contributed by atoms with Crippen molar-refractivity contribution in [3.8, 4) is 16.8 Å². The van der Waals surface area contributed by atoms with E-state index < -0.39 is 16.1 Å². The Morgan fingerprint density at radius 2 is 1.67 bits per heavy atom. The zero-order chi connectivity index (χ0) is 27.7.